The molecule has 2 rings (SSSR count). The van der Waals surface area contributed by atoms with Crippen LogP contribution >= 0.6 is 0 Å². The third-order valence-electron chi connectivity index (χ3n) is 3.09. The van der Waals surface area contributed by atoms with Crippen LogP contribution in [0.1, 0.15) is 16.1 Å². The van der Waals surface area contributed by atoms with Crippen LogP contribution in [0.15, 0.2) is 45.9 Å². The van der Waals surface area contributed by atoms with Crippen molar-refractivity contribution in [1.82, 2.24) is 10.0 Å². The van der Waals surface area contributed by atoms with Gasteiger partial charge in [-0.15, -0.1) is 0 Å². The summed E-state index contributed by atoms with van der Waals surface area (Å²) >= 11 is 0. The Morgan fingerprint density at radius 2 is 1.76 bits per heavy atom. The third-order valence-corrected chi connectivity index (χ3v) is 4.97. The van der Waals surface area contributed by atoms with Gasteiger partial charge >= 0.3 is 0 Å². The van der Waals surface area contributed by atoms with Gasteiger partial charge < -0.3 is 9.73 Å². The van der Waals surface area contributed by atoms with Gasteiger partial charge in [0.1, 0.15) is 0 Å². The molecule has 0 bridgehead atoms. The van der Waals surface area contributed by atoms with E-state index in [0.29, 0.717) is 11.3 Å². The average molecular weight is 387 g/mol. The highest BCUT2D eigenvalue weighted by atomic mass is 32.2. The summed E-state index contributed by atoms with van der Waals surface area (Å²) in [4.78, 5) is 12.1. The monoisotopic (exact) mass is 387 g/mol. The Morgan fingerprint density at radius 1 is 1.08 bits per heavy atom. The van der Waals surface area contributed by atoms with E-state index >= 15 is 0 Å². The zero-order valence-electron chi connectivity index (χ0n) is 13.4. The van der Waals surface area contributed by atoms with Crippen LogP contribution in [-0.4, -0.2) is 36.0 Å². The molecule has 0 spiro atoms. The summed E-state index contributed by atoms with van der Waals surface area (Å²) in [5.74, 6) is -0.811. The fraction of sp³-hybridized carbons (Fsp3) is 0.214. The van der Waals surface area contributed by atoms with Crippen LogP contribution in [0.3, 0.4) is 0 Å². The summed E-state index contributed by atoms with van der Waals surface area (Å²) in [6.45, 7) is 0.0202. The number of hydrogen-bond donors (Lipinski definition) is 3. The van der Waals surface area contributed by atoms with Crippen LogP contribution in [-0.2, 0) is 26.6 Å². The smallest absolute Gasteiger partial charge is 0.287 e. The Morgan fingerprint density at radius 3 is 2.40 bits per heavy atom. The SMILES string of the molecule is CNS(=O)(=O)c1ccc(C(=O)NCc2ccccc2NS(C)(=O)=O)o1. The minimum absolute atomic E-state index is 0.0202. The van der Waals surface area contributed by atoms with E-state index in [2.05, 4.69) is 14.8 Å². The molecule has 0 aliphatic heterocycles. The van der Waals surface area contributed by atoms with E-state index in [9.17, 15) is 21.6 Å². The molecular weight excluding hydrogens is 370 g/mol. The normalized spacial score (nSPS) is 11.9. The minimum Gasteiger partial charge on any atom is -0.438 e. The molecule has 0 saturated heterocycles. The van der Waals surface area contributed by atoms with Crippen molar-refractivity contribution in [2.24, 2.45) is 0 Å². The number of benzene rings is 1. The Kier molecular flexibility index (Phi) is 5.50. The van der Waals surface area contributed by atoms with Crippen LogP contribution in [0.25, 0.3) is 0 Å². The number of nitrogens with one attached hydrogen (secondary N) is 3. The first-order valence-electron chi connectivity index (χ1n) is 6.99. The number of rotatable bonds is 7. The Balaban J connectivity index is 2.11. The molecule has 11 heteroatoms. The maximum absolute atomic E-state index is 12.1. The topological polar surface area (TPSA) is 135 Å². The van der Waals surface area contributed by atoms with Gasteiger partial charge in [-0.3, -0.25) is 9.52 Å². The summed E-state index contributed by atoms with van der Waals surface area (Å²) in [5, 5.41) is 2.17. The van der Waals surface area contributed by atoms with Gasteiger partial charge in [0.15, 0.2) is 5.76 Å². The van der Waals surface area contributed by atoms with Crippen molar-refractivity contribution < 1.29 is 26.0 Å². The number of amides is 1. The molecule has 0 aliphatic carbocycles. The van der Waals surface area contributed by atoms with E-state index in [1.807, 2.05) is 0 Å². The lowest BCUT2D eigenvalue weighted by atomic mass is 10.2. The zero-order valence-corrected chi connectivity index (χ0v) is 15.1. The number of hydrogen-bond acceptors (Lipinski definition) is 6. The zero-order chi connectivity index (χ0) is 18.7. The van der Waals surface area contributed by atoms with E-state index in [4.69, 9.17) is 4.42 Å². The molecular formula is C14H17N3O6S2. The van der Waals surface area contributed by atoms with Crippen molar-refractivity contribution in [3.05, 3.63) is 47.7 Å². The largest absolute Gasteiger partial charge is 0.438 e. The van der Waals surface area contributed by atoms with E-state index in [1.54, 1.807) is 24.3 Å². The van der Waals surface area contributed by atoms with Gasteiger partial charge in [0.2, 0.25) is 15.1 Å². The molecule has 0 saturated carbocycles. The van der Waals surface area contributed by atoms with E-state index in [1.165, 1.54) is 19.2 Å². The highest BCUT2D eigenvalue weighted by Gasteiger charge is 2.19. The summed E-state index contributed by atoms with van der Waals surface area (Å²) in [6.07, 6.45) is 1.02. The molecule has 0 unspecified atom stereocenters. The van der Waals surface area contributed by atoms with E-state index in [-0.39, 0.29) is 17.4 Å². The van der Waals surface area contributed by atoms with Crippen molar-refractivity contribution in [1.29, 1.82) is 0 Å². The maximum atomic E-state index is 12.1. The number of carbonyl (C=O) groups is 1. The Labute approximate surface area is 145 Å². The molecule has 136 valence electrons. The number of anilines is 1. The van der Waals surface area contributed by atoms with Crippen molar-refractivity contribution >= 4 is 31.6 Å². The lowest BCUT2D eigenvalue weighted by Crippen LogP contribution is -2.23. The number of para-hydroxylation sites is 1. The van der Waals surface area contributed by atoms with Crippen LogP contribution < -0.4 is 14.8 Å². The standard InChI is InChI=1S/C14H17N3O6S2/c1-15-25(21,22)13-8-7-12(23-13)14(18)16-9-10-5-3-4-6-11(10)17-24(2,19)20/h3-8,15,17H,9H2,1-2H3,(H,16,18). The maximum Gasteiger partial charge on any atom is 0.287 e. The number of furan rings is 1. The highest BCUT2D eigenvalue weighted by molar-refractivity contribution is 7.92. The molecule has 2 aromatic rings. The second kappa shape index (κ2) is 7.25. The highest BCUT2D eigenvalue weighted by Crippen LogP contribution is 2.17. The third kappa shape index (κ3) is 5.05. The van der Waals surface area contributed by atoms with E-state index in [0.717, 1.165) is 6.26 Å². The van der Waals surface area contributed by atoms with Gasteiger partial charge in [-0.1, -0.05) is 18.2 Å². The van der Waals surface area contributed by atoms with Gasteiger partial charge in [0.05, 0.1) is 11.9 Å². The molecule has 3 N–H and O–H groups in total. The van der Waals surface area contributed by atoms with Crippen molar-refractivity contribution in [3.8, 4) is 0 Å². The number of carbonyl (C=O) groups excluding carboxylic acids is 1. The average Bonchev–Trinajstić information content (AvgIpc) is 3.03. The van der Waals surface area contributed by atoms with Crippen LogP contribution in [0.5, 0.6) is 0 Å². The summed E-state index contributed by atoms with van der Waals surface area (Å²) in [7, 11) is -6.01. The Bertz CT molecular complexity index is 980. The van der Waals surface area contributed by atoms with Gasteiger partial charge in [-0.2, -0.15) is 0 Å². The van der Waals surface area contributed by atoms with Crippen LogP contribution in [0.2, 0.25) is 0 Å². The molecule has 1 amide bonds. The summed E-state index contributed by atoms with van der Waals surface area (Å²) in [6, 6.07) is 8.96. The molecule has 0 radical (unpaired) electrons. The summed E-state index contributed by atoms with van der Waals surface area (Å²) in [5.41, 5.74) is 0.874. The molecule has 1 heterocycles. The quantitative estimate of drug-likeness (QED) is 0.633. The fourth-order valence-electron chi connectivity index (χ4n) is 1.92. The second-order valence-corrected chi connectivity index (χ2v) is 8.61. The predicted molar refractivity (Wildman–Crippen MR) is 91.0 cm³/mol. The first kappa shape index (κ1) is 19.0. The van der Waals surface area contributed by atoms with Crippen LogP contribution in [0, 0.1) is 0 Å². The molecule has 0 fully saturated rings. The lowest BCUT2D eigenvalue weighted by molar-refractivity contribution is 0.0918. The predicted octanol–water partition coefficient (Wildman–Crippen LogP) is 0.489. The fourth-order valence-corrected chi connectivity index (χ4v) is 3.17. The lowest BCUT2D eigenvalue weighted by Gasteiger charge is -2.11. The summed E-state index contributed by atoms with van der Waals surface area (Å²) < 4.78 is 55.4. The second-order valence-electron chi connectivity index (χ2n) is 5.04. The van der Waals surface area contributed by atoms with Gasteiger partial charge in [-0.25, -0.2) is 21.6 Å². The molecule has 0 atom stereocenters. The van der Waals surface area contributed by atoms with Crippen molar-refractivity contribution in [3.63, 3.8) is 0 Å². The minimum atomic E-state index is -3.78. The van der Waals surface area contributed by atoms with Crippen LogP contribution in [0.4, 0.5) is 5.69 Å². The molecule has 1 aromatic carbocycles. The first-order valence-corrected chi connectivity index (χ1v) is 10.4. The molecule has 1 aromatic heterocycles. The van der Waals surface area contributed by atoms with Gasteiger partial charge in [0, 0.05) is 6.54 Å². The van der Waals surface area contributed by atoms with Crippen molar-refractivity contribution in [2.75, 3.05) is 18.0 Å². The van der Waals surface area contributed by atoms with Gasteiger partial charge in [0.25, 0.3) is 15.9 Å². The molecule has 9 nitrogen and oxygen atoms in total. The Hall–Kier alpha value is -2.37. The molecule has 0 aliphatic rings. The van der Waals surface area contributed by atoms with Crippen molar-refractivity contribution in [2.45, 2.75) is 11.6 Å². The number of sulfonamides is 2. The van der Waals surface area contributed by atoms with Gasteiger partial charge in [-0.05, 0) is 30.8 Å². The molecule has 25 heavy (non-hydrogen) atoms. The first-order chi connectivity index (χ1) is 11.6. The van der Waals surface area contributed by atoms with E-state index < -0.39 is 26.0 Å².